The number of nitrogens with zero attached hydrogens (tertiary/aromatic N) is 3. The predicted octanol–water partition coefficient (Wildman–Crippen LogP) is 2.27. The number of non-ortho nitro benzene ring substituents is 1. The van der Waals surface area contributed by atoms with Gasteiger partial charge in [0.25, 0.3) is 5.69 Å². The van der Waals surface area contributed by atoms with Gasteiger partial charge in [0.15, 0.2) is 10.9 Å². The maximum absolute atomic E-state index is 10.7. The predicted molar refractivity (Wildman–Crippen MR) is 71.8 cm³/mol. The molecular formula is C11H13N3O3S. The summed E-state index contributed by atoms with van der Waals surface area (Å²) in [5, 5.41) is 11.6. The Kier molecular flexibility index (Phi) is 3.71. The summed E-state index contributed by atoms with van der Waals surface area (Å²) in [6.07, 6.45) is 0. The van der Waals surface area contributed by atoms with Crippen LogP contribution < -0.4 is 4.74 Å². The van der Waals surface area contributed by atoms with Crippen LogP contribution in [-0.2, 0) is 0 Å². The number of nitro benzene ring substituents is 1. The van der Waals surface area contributed by atoms with E-state index in [1.54, 1.807) is 17.8 Å². The number of aliphatic imine (C=N–C) groups is 1. The smallest absolute Gasteiger partial charge is 0.273 e. The summed E-state index contributed by atoms with van der Waals surface area (Å²) in [5.41, 5.74) is 0.613. The molecule has 1 aliphatic heterocycles. The van der Waals surface area contributed by atoms with E-state index in [1.807, 2.05) is 11.9 Å². The molecule has 0 amide bonds. The van der Waals surface area contributed by atoms with Crippen molar-refractivity contribution in [3.8, 4) is 5.75 Å². The lowest BCUT2D eigenvalue weighted by atomic mass is 10.2. The van der Waals surface area contributed by atoms with Gasteiger partial charge in [-0.2, -0.15) is 0 Å². The fourth-order valence-electron chi connectivity index (χ4n) is 1.57. The second-order valence-electron chi connectivity index (χ2n) is 3.78. The highest BCUT2D eigenvalue weighted by Crippen LogP contribution is 2.33. The molecule has 1 aromatic rings. The number of ether oxygens (including phenoxy) is 1. The summed E-state index contributed by atoms with van der Waals surface area (Å²) in [4.78, 5) is 16.7. The standard InChI is InChI=1S/C11H13N3O3S/c1-13-5-6-18-11(13)12-9-4-3-8(14(15)16)7-10(9)17-2/h3-4,7H,5-6H2,1-2H3. The fraction of sp³-hybridized carbons (Fsp3) is 0.364. The van der Waals surface area contributed by atoms with E-state index >= 15 is 0 Å². The molecular weight excluding hydrogens is 254 g/mol. The molecule has 1 saturated heterocycles. The van der Waals surface area contributed by atoms with Gasteiger partial charge in [-0.3, -0.25) is 10.1 Å². The Labute approximate surface area is 109 Å². The lowest BCUT2D eigenvalue weighted by Gasteiger charge is -2.10. The average Bonchev–Trinajstić information content (AvgIpc) is 2.75. The minimum Gasteiger partial charge on any atom is -0.494 e. The molecule has 0 aliphatic carbocycles. The lowest BCUT2D eigenvalue weighted by molar-refractivity contribution is -0.384. The Bertz CT molecular complexity index is 504. The van der Waals surface area contributed by atoms with Gasteiger partial charge in [0.2, 0.25) is 0 Å². The molecule has 0 spiro atoms. The highest BCUT2D eigenvalue weighted by Gasteiger charge is 2.17. The van der Waals surface area contributed by atoms with Gasteiger partial charge >= 0.3 is 0 Å². The largest absolute Gasteiger partial charge is 0.494 e. The summed E-state index contributed by atoms with van der Waals surface area (Å²) < 4.78 is 5.14. The second kappa shape index (κ2) is 5.26. The summed E-state index contributed by atoms with van der Waals surface area (Å²) in [6.45, 7) is 0.957. The van der Waals surface area contributed by atoms with Crippen LogP contribution in [0.2, 0.25) is 0 Å². The molecule has 7 heteroatoms. The first-order chi connectivity index (χ1) is 8.61. The maximum Gasteiger partial charge on any atom is 0.273 e. The van der Waals surface area contributed by atoms with Gasteiger partial charge in [0.05, 0.1) is 18.1 Å². The van der Waals surface area contributed by atoms with E-state index in [4.69, 9.17) is 4.74 Å². The number of methoxy groups -OCH3 is 1. The second-order valence-corrected chi connectivity index (χ2v) is 4.84. The molecule has 1 aliphatic rings. The third-order valence-corrected chi connectivity index (χ3v) is 3.62. The van der Waals surface area contributed by atoms with Gasteiger partial charge in [-0.25, -0.2) is 4.99 Å². The zero-order valence-corrected chi connectivity index (χ0v) is 10.9. The first kappa shape index (κ1) is 12.7. The molecule has 0 saturated carbocycles. The van der Waals surface area contributed by atoms with Crippen LogP contribution in [0.5, 0.6) is 5.75 Å². The molecule has 0 bridgehead atoms. The highest BCUT2D eigenvalue weighted by molar-refractivity contribution is 8.14. The fourth-order valence-corrected chi connectivity index (χ4v) is 2.59. The van der Waals surface area contributed by atoms with E-state index in [0.29, 0.717) is 11.4 Å². The van der Waals surface area contributed by atoms with E-state index < -0.39 is 4.92 Å². The molecule has 1 aromatic carbocycles. The Morgan fingerprint density at radius 1 is 1.56 bits per heavy atom. The number of amidine groups is 1. The highest BCUT2D eigenvalue weighted by atomic mass is 32.2. The molecule has 0 aromatic heterocycles. The third-order valence-electron chi connectivity index (χ3n) is 2.57. The quantitative estimate of drug-likeness (QED) is 0.620. The minimum absolute atomic E-state index is 0.00299. The van der Waals surface area contributed by atoms with Gasteiger partial charge in [0, 0.05) is 25.4 Å². The van der Waals surface area contributed by atoms with E-state index in [9.17, 15) is 10.1 Å². The Balaban J connectivity index is 2.36. The molecule has 18 heavy (non-hydrogen) atoms. The molecule has 96 valence electrons. The number of hydrogen-bond donors (Lipinski definition) is 0. The van der Waals surface area contributed by atoms with Crippen LogP contribution >= 0.6 is 11.8 Å². The Morgan fingerprint density at radius 3 is 2.89 bits per heavy atom. The van der Waals surface area contributed by atoms with Crippen molar-refractivity contribution < 1.29 is 9.66 Å². The molecule has 6 nitrogen and oxygen atoms in total. The Morgan fingerprint density at radius 2 is 2.33 bits per heavy atom. The van der Waals surface area contributed by atoms with E-state index in [1.165, 1.54) is 19.2 Å². The lowest BCUT2D eigenvalue weighted by Crippen LogP contribution is -2.17. The molecule has 0 atom stereocenters. The molecule has 0 radical (unpaired) electrons. The molecule has 0 unspecified atom stereocenters. The number of hydrogen-bond acceptors (Lipinski definition) is 5. The van der Waals surface area contributed by atoms with Crippen molar-refractivity contribution in [2.45, 2.75) is 0 Å². The van der Waals surface area contributed by atoms with Gasteiger partial charge in [-0.1, -0.05) is 11.8 Å². The van der Waals surface area contributed by atoms with E-state index in [0.717, 1.165) is 17.5 Å². The van der Waals surface area contributed by atoms with Crippen LogP contribution in [0.25, 0.3) is 0 Å². The average molecular weight is 267 g/mol. The molecule has 0 N–H and O–H groups in total. The van der Waals surface area contributed by atoms with Crippen molar-refractivity contribution in [2.24, 2.45) is 4.99 Å². The monoisotopic (exact) mass is 267 g/mol. The van der Waals surface area contributed by atoms with Crippen LogP contribution in [-0.4, -0.2) is 41.4 Å². The summed E-state index contributed by atoms with van der Waals surface area (Å²) in [7, 11) is 3.45. The summed E-state index contributed by atoms with van der Waals surface area (Å²) >= 11 is 1.66. The van der Waals surface area contributed by atoms with Crippen LogP contribution in [0, 0.1) is 10.1 Å². The first-order valence-electron chi connectivity index (χ1n) is 5.37. The summed E-state index contributed by atoms with van der Waals surface area (Å²) in [6, 6.07) is 4.43. The number of benzene rings is 1. The number of nitro groups is 1. The minimum atomic E-state index is -0.449. The van der Waals surface area contributed by atoms with Crippen LogP contribution in [0.15, 0.2) is 23.2 Å². The van der Waals surface area contributed by atoms with Crippen molar-refractivity contribution in [3.63, 3.8) is 0 Å². The van der Waals surface area contributed by atoms with Crippen LogP contribution in [0.1, 0.15) is 0 Å². The van der Waals surface area contributed by atoms with Crippen molar-refractivity contribution in [2.75, 3.05) is 26.5 Å². The van der Waals surface area contributed by atoms with Crippen molar-refractivity contribution in [1.82, 2.24) is 4.90 Å². The van der Waals surface area contributed by atoms with Gasteiger partial charge in [-0.15, -0.1) is 0 Å². The zero-order valence-electron chi connectivity index (χ0n) is 10.1. The van der Waals surface area contributed by atoms with E-state index in [2.05, 4.69) is 4.99 Å². The van der Waals surface area contributed by atoms with Crippen molar-refractivity contribution in [1.29, 1.82) is 0 Å². The van der Waals surface area contributed by atoms with Crippen molar-refractivity contribution >= 4 is 28.3 Å². The van der Waals surface area contributed by atoms with Gasteiger partial charge < -0.3 is 9.64 Å². The first-order valence-corrected chi connectivity index (χ1v) is 6.35. The van der Waals surface area contributed by atoms with E-state index in [-0.39, 0.29) is 5.69 Å². The SMILES string of the molecule is COc1cc([N+](=O)[O-])ccc1N=C1SCCN1C. The van der Waals surface area contributed by atoms with Crippen LogP contribution in [0.4, 0.5) is 11.4 Å². The maximum atomic E-state index is 10.7. The zero-order chi connectivity index (χ0) is 13.1. The number of rotatable bonds is 3. The summed E-state index contributed by atoms with van der Waals surface area (Å²) in [5.74, 6) is 1.42. The molecule has 2 rings (SSSR count). The third kappa shape index (κ3) is 2.56. The van der Waals surface area contributed by atoms with Gasteiger partial charge in [-0.05, 0) is 6.07 Å². The topological polar surface area (TPSA) is 68.0 Å². The normalized spacial score (nSPS) is 17.2. The van der Waals surface area contributed by atoms with Crippen molar-refractivity contribution in [3.05, 3.63) is 28.3 Å². The van der Waals surface area contributed by atoms with Gasteiger partial charge in [0.1, 0.15) is 5.69 Å². The molecule has 1 heterocycles. The molecule has 1 fully saturated rings. The Hall–Kier alpha value is -1.76. The van der Waals surface area contributed by atoms with Crippen LogP contribution in [0.3, 0.4) is 0 Å². The number of thioether (sulfide) groups is 1.